The lowest BCUT2D eigenvalue weighted by molar-refractivity contribution is 0.0767. The number of amides is 1. The van der Waals surface area contributed by atoms with Crippen molar-refractivity contribution in [1.82, 2.24) is 24.6 Å². The Morgan fingerprint density at radius 2 is 1.81 bits per heavy atom. The van der Waals surface area contributed by atoms with Gasteiger partial charge in [0.25, 0.3) is 11.5 Å². The van der Waals surface area contributed by atoms with E-state index >= 15 is 0 Å². The van der Waals surface area contributed by atoms with E-state index in [0.717, 1.165) is 56.8 Å². The fourth-order valence-corrected chi connectivity index (χ4v) is 4.72. The van der Waals surface area contributed by atoms with E-state index in [-0.39, 0.29) is 11.5 Å². The van der Waals surface area contributed by atoms with Crippen molar-refractivity contribution in [2.24, 2.45) is 0 Å². The van der Waals surface area contributed by atoms with Gasteiger partial charge in [-0.2, -0.15) is 5.10 Å². The van der Waals surface area contributed by atoms with Crippen molar-refractivity contribution in [3.8, 4) is 0 Å². The summed E-state index contributed by atoms with van der Waals surface area (Å²) in [6.07, 6.45) is 7.73. The minimum absolute atomic E-state index is 0.0125. The smallest absolute Gasteiger partial charge is 0.261 e. The van der Waals surface area contributed by atoms with Gasteiger partial charge in [0, 0.05) is 50.9 Å². The SMILES string of the molecule is O=C(c1ccc2c(=O)n3c(nc2c1)CCCCCC3)N1CCCN(c2cccnn2)CC1. The lowest BCUT2D eigenvalue weighted by Gasteiger charge is -2.22. The molecule has 166 valence electrons. The highest BCUT2D eigenvalue weighted by Gasteiger charge is 2.22. The van der Waals surface area contributed by atoms with Gasteiger partial charge in [-0.25, -0.2) is 4.98 Å². The van der Waals surface area contributed by atoms with Crippen LogP contribution in [0.4, 0.5) is 5.82 Å². The Morgan fingerprint density at radius 3 is 2.69 bits per heavy atom. The Kier molecular flexibility index (Phi) is 5.83. The molecule has 0 unspecified atom stereocenters. The minimum Gasteiger partial charge on any atom is -0.353 e. The van der Waals surface area contributed by atoms with Crippen LogP contribution in [0.5, 0.6) is 0 Å². The maximum Gasteiger partial charge on any atom is 0.261 e. The van der Waals surface area contributed by atoms with Crippen LogP contribution < -0.4 is 10.5 Å². The topological polar surface area (TPSA) is 84.2 Å². The van der Waals surface area contributed by atoms with E-state index in [0.29, 0.717) is 36.1 Å². The summed E-state index contributed by atoms with van der Waals surface area (Å²) in [5, 5.41) is 8.75. The number of carbonyl (C=O) groups is 1. The number of rotatable bonds is 2. The van der Waals surface area contributed by atoms with Crippen LogP contribution in [0.25, 0.3) is 10.9 Å². The molecule has 1 fully saturated rings. The highest BCUT2D eigenvalue weighted by molar-refractivity contribution is 5.97. The first-order valence-electron chi connectivity index (χ1n) is 11.6. The van der Waals surface area contributed by atoms with E-state index in [2.05, 4.69) is 15.1 Å². The lowest BCUT2D eigenvalue weighted by Crippen LogP contribution is -2.35. The van der Waals surface area contributed by atoms with Crippen molar-refractivity contribution >= 4 is 22.6 Å². The van der Waals surface area contributed by atoms with Crippen LogP contribution in [0.15, 0.2) is 41.3 Å². The predicted molar refractivity (Wildman–Crippen MR) is 123 cm³/mol. The highest BCUT2D eigenvalue weighted by atomic mass is 16.2. The predicted octanol–water partition coefficient (Wildman–Crippen LogP) is 2.66. The highest BCUT2D eigenvalue weighted by Crippen LogP contribution is 2.19. The first-order chi connectivity index (χ1) is 15.7. The summed E-state index contributed by atoms with van der Waals surface area (Å²) in [4.78, 5) is 35.2. The summed E-state index contributed by atoms with van der Waals surface area (Å²) < 4.78 is 1.83. The van der Waals surface area contributed by atoms with Crippen LogP contribution in [0.3, 0.4) is 0 Å². The zero-order chi connectivity index (χ0) is 21.9. The molecular formula is C24H28N6O2. The molecule has 5 rings (SSSR count). The third-order valence-electron chi connectivity index (χ3n) is 6.48. The van der Waals surface area contributed by atoms with Gasteiger partial charge in [0.05, 0.1) is 10.9 Å². The molecule has 8 nitrogen and oxygen atoms in total. The molecule has 1 amide bonds. The van der Waals surface area contributed by atoms with Gasteiger partial charge in [-0.1, -0.05) is 12.8 Å². The Bertz CT molecular complexity index is 1180. The molecule has 1 saturated heterocycles. The Balaban J connectivity index is 1.39. The molecule has 8 heteroatoms. The van der Waals surface area contributed by atoms with Gasteiger partial charge in [-0.3, -0.25) is 14.2 Å². The third-order valence-corrected chi connectivity index (χ3v) is 6.48. The van der Waals surface area contributed by atoms with Gasteiger partial charge in [-0.15, -0.1) is 5.10 Å². The van der Waals surface area contributed by atoms with Crippen LogP contribution in [0.1, 0.15) is 48.3 Å². The molecule has 3 aromatic rings. The van der Waals surface area contributed by atoms with E-state index in [4.69, 9.17) is 4.98 Å². The van der Waals surface area contributed by atoms with Crippen molar-refractivity contribution in [1.29, 1.82) is 0 Å². The quantitative estimate of drug-likeness (QED) is 0.619. The number of hydrogen-bond donors (Lipinski definition) is 0. The van der Waals surface area contributed by atoms with E-state index in [1.54, 1.807) is 24.4 Å². The average molecular weight is 433 g/mol. The van der Waals surface area contributed by atoms with Gasteiger partial charge in [0.2, 0.25) is 0 Å². The fourth-order valence-electron chi connectivity index (χ4n) is 4.72. The standard InChI is InChI=1S/C24H28N6O2/c31-23(29-13-6-12-28(15-16-29)22-8-5-11-25-27-22)18-9-10-19-20(17-18)26-21-7-3-1-2-4-14-30(21)24(19)32/h5,8-11,17H,1-4,6-7,12-16H2. The van der Waals surface area contributed by atoms with Gasteiger partial charge in [-0.05, 0) is 49.6 Å². The Labute approximate surface area is 186 Å². The summed E-state index contributed by atoms with van der Waals surface area (Å²) in [6.45, 7) is 3.59. The largest absolute Gasteiger partial charge is 0.353 e. The molecule has 2 aliphatic heterocycles. The van der Waals surface area contributed by atoms with Crippen molar-refractivity contribution in [3.05, 3.63) is 58.3 Å². The number of fused-ring (bicyclic) bond motifs is 2. The minimum atomic E-state index is -0.0125. The monoisotopic (exact) mass is 432 g/mol. The van der Waals surface area contributed by atoms with Crippen molar-refractivity contribution < 1.29 is 4.79 Å². The number of aryl methyl sites for hydroxylation is 1. The molecule has 0 aliphatic carbocycles. The zero-order valence-corrected chi connectivity index (χ0v) is 18.2. The number of hydrogen-bond acceptors (Lipinski definition) is 6. The molecule has 0 spiro atoms. The van der Waals surface area contributed by atoms with Crippen molar-refractivity contribution in [2.75, 3.05) is 31.1 Å². The number of anilines is 1. The number of nitrogens with zero attached hydrogens (tertiary/aromatic N) is 6. The second kappa shape index (κ2) is 9.06. The molecule has 2 aliphatic rings. The molecule has 32 heavy (non-hydrogen) atoms. The summed E-state index contributed by atoms with van der Waals surface area (Å²) in [5.41, 5.74) is 1.23. The summed E-state index contributed by atoms with van der Waals surface area (Å²) in [5.74, 6) is 1.68. The first-order valence-corrected chi connectivity index (χ1v) is 11.6. The van der Waals surface area contributed by atoms with E-state index in [1.165, 1.54) is 6.42 Å². The molecule has 0 N–H and O–H groups in total. The van der Waals surface area contributed by atoms with Gasteiger partial charge >= 0.3 is 0 Å². The van der Waals surface area contributed by atoms with E-state index in [9.17, 15) is 9.59 Å². The maximum atomic E-state index is 13.3. The first kappa shape index (κ1) is 20.6. The molecular weight excluding hydrogens is 404 g/mol. The van der Waals surface area contributed by atoms with Crippen LogP contribution in [0.2, 0.25) is 0 Å². The molecule has 0 radical (unpaired) electrons. The van der Waals surface area contributed by atoms with E-state index < -0.39 is 0 Å². The van der Waals surface area contributed by atoms with Crippen LogP contribution in [-0.2, 0) is 13.0 Å². The summed E-state index contributed by atoms with van der Waals surface area (Å²) in [7, 11) is 0. The fraction of sp³-hybridized carbons (Fsp3) is 0.458. The average Bonchev–Trinajstić information content (AvgIpc) is 3.06. The second-order valence-corrected chi connectivity index (χ2v) is 8.60. The van der Waals surface area contributed by atoms with Crippen LogP contribution in [0, 0.1) is 0 Å². The van der Waals surface area contributed by atoms with Gasteiger partial charge in [0.15, 0.2) is 5.82 Å². The molecule has 0 saturated carbocycles. The maximum absolute atomic E-state index is 13.3. The molecule has 0 atom stereocenters. The van der Waals surface area contributed by atoms with Crippen LogP contribution in [-0.4, -0.2) is 56.7 Å². The Hall–Kier alpha value is -3.29. The molecule has 1 aromatic carbocycles. The van der Waals surface area contributed by atoms with Crippen molar-refractivity contribution in [3.63, 3.8) is 0 Å². The summed E-state index contributed by atoms with van der Waals surface area (Å²) in [6, 6.07) is 9.17. The Morgan fingerprint density at radius 1 is 0.906 bits per heavy atom. The van der Waals surface area contributed by atoms with Crippen molar-refractivity contribution in [2.45, 2.75) is 45.1 Å². The second-order valence-electron chi connectivity index (χ2n) is 8.60. The lowest BCUT2D eigenvalue weighted by atomic mass is 10.1. The number of benzene rings is 1. The number of carbonyl (C=O) groups excluding carboxylic acids is 1. The molecule has 0 bridgehead atoms. The third kappa shape index (κ3) is 4.09. The summed E-state index contributed by atoms with van der Waals surface area (Å²) >= 11 is 0. The van der Waals surface area contributed by atoms with Crippen LogP contribution >= 0.6 is 0 Å². The number of aromatic nitrogens is 4. The van der Waals surface area contributed by atoms with Gasteiger partial charge in [0.1, 0.15) is 5.82 Å². The molecule has 2 aromatic heterocycles. The zero-order valence-electron chi connectivity index (χ0n) is 18.2. The van der Waals surface area contributed by atoms with E-state index in [1.807, 2.05) is 21.6 Å². The molecule has 4 heterocycles. The normalized spacial score (nSPS) is 17.4. The van der Waals surface area contributed by atoms with Gasteiger partial charge < -0.3 is 9.80 Å².